The Morgan fingerprint density at radius 2 is 1.35 bits per heavy atom. The van der Waals surface area contributed by atoms with Crippen LogP contribution in [0.1, 0.15) is 96.0 Å². The highest BCUT2D eigenvalue weighted by atomic mass is 35.5. The van der Waals surface area contributed by atoms with E-state index in [9.17, 15) is 0 Å². The number of halogens is 1. The molecule has 0 amide bonds. The van der Waals surface area contributed by atoms with Crippen LogP contribution in [0.25, 0.3) is 0 Å². The van der Waals surface area contributed by atoms with Crippen molar-refractivity contribution in [3.63, 3.8) is 0 Å². The summed E-state index contributed by atoms with van der Waals surface area (Å²) in [7, 11) is 0. The first kappa shape index (κ1) is 20.2. The van der Waals surface area contributed by atoms with Crippen molar-refractivity contribution in [1.29, 1.82) is 0 Å². The molecule has 0 aromatic heterocycles. The van der Waals surface area contributed by atoms with Gasteiger partial charge in [-0.2, -0.15) is 0 Å². The topological polar surface area (TPSA) is 0 Å². The molecule has 0 bridgehead atoms. The van der Waals surface area contributed by atoms with Crippen molar-refractivity contribution < 1.29 is 0 Å². The van der Waals surface area contributed by atoms with Crippen molar-refractivity contribution in [3.8, 4) is 0 Å². The molecule has 0 spiro atoms. The second-order valence-corrected chi connectivity index (χ2v) is 9.59. The molecule has 2 fully saturated rings. The summed E-state index contributed by atoms with van der Waals surface area (Å²) in [5, 5.41) is 0.955. The third kappa shape index (κ3) is 6.01. The van der Waals surface area contributed by atoms with Crippen LogP contribution in [0.5, 0.6) is 0 Å². The van der Waals surface area contributed by atoms with Crippen LogP contribution in [0.2, 0.25) is 5.02 Å². The molecule has 3 rings (SSSR count). The van der Waals surface area contributed by atoms with E-state index in [2.05, 4.69) is 19.1 Å². The molecule has 0 radical (unpaired) electrons. The summed E-state index contributed by atoms with van der Waals surface area (Å²) < 4.78 is 0. The van der Waals surface area contributed by atoms with Crippen LogP contribution < -0.4 is 0 Å². The maximum absolute atomic E-state index is 6.32. The van der Waals surface area contributed by atoms with Gasteiger partial charge in [0.25, 0.3) is 0 Å². The summed E-state index contributed by atoms with van der Waals surface area (Å²) in [6, 6.07) is 8.39. The van der Waals surface area contributed by atoms with Crippen molar-refractivity contribution in [2.75, 3.05) is 0 Å². The molecule has 26 heavy (non-hydrogen) atoms. The van der Waals surface area contributed by atoms with Gasteiger partial charge in [-0.25, -0.2) is 0 Å². The largest absolute Gasteiger partial charge is 0.0840 e. The van der Waals surface area contributed by atoms with Gasteiger partial charge in [0.15, 0.2) is 0 Å². The highest BCUT2D eigenvalue weighted by Gasteiger charge is 2.30. The van der Waals surface area contributed by atoms with E-state index in [1.807, 2.05) is 12.1 Å². The maximum Gasteiger partial charge on any atom is 0.0437 e. The lowest BCUT2D eigenvalue weighted by Gasteiger charge is -2.38. The van der Waals surface area contributed by atoms with E-state index in [0.29, 0.717) is 0 Å². The Balaban J connectivity index is 1.33. The first-order valence-corrected chi connectivity index (χ1v) is 11.9. The average Bonchev–Trinajstić information content (AvgIpc) is 2.69. The Bertz CT molecular complexity index is 507. The Kier molecular flexibility index (Phi) is 8.37. The van der Waals surface area contributed by atoms with Gasteiger partial charge < -0.3 is 0 Å². The SMILES string of the molecule is CCCCCC1CCC(C2CCC(CCc3ccccc3Cl)CC2)CC1. The van der Waals surface area contributed by atoms with E-state index in [1.54, 1.807) is 0 Å². The standard InChI is InChI=1S/C25H39Cl/c1-2-3-4-7-20-10-15-22(16-11-20)23-17-12-21(13-18-23)14-19-24-8-5-6-9-25(24)26/h5-6,8-9,20-23H,2-4,7,10-19H2,1H3. The fraction of sp³-hybridized carbons (Fsp3) is 0.760. The lowest BCUT2D eigenvalue weighted by Crippen LogP contribution is -2.26. The zero-order valence-corrected chi connectivity index (χ0v) is 17.7. The van der Waals surface area contributed by atoms with Gasteiger partial charge in [0.2, 0.25) is 0 Å². The number of rotatable bonds is 8. The van der Waals surface area contributed by atoms with Gasteiger partial charge in [-0.15, -0.1) is 0 Å². The van der Waals surface area contributed by atoms with Gasteiger partial charge in [0.05, 0.1) is 0 Å². The lowest BCUT2D eigenvalue weighted by molar-refractivity contribution is 0.140. The Labute approximate surface area is 167 Å². The third-order valence-corrected chi connectivity index (χ3v) is 7.81. The second kappa shape index (κ2) is 10.7. The molecule has 0 nitrogen and oxygen atoms in total. The van der Waals surface area contributed by atoms with E-state index in [-0.39, 0.29) is 0 Å². The fourth-order valence-electron chi connectivity index (χ4n) is 5.64. The van der Waals surface area contributed by atoms with E-state index in [0.717, 1.165) is 35.1 Å². The van der Waals surface area contributed by atoms with Crippen molar-refractivity contribution in [1.82, 2.24) is 0 Å². The maximum atomic E-state index is 6.32. The van der Waals surface area contributed by atoms with Crippen LogP contribution in [-0.4, -0.2) is 0 Å². The van der Waals surface area contributed by atoms with Gasteiger partial charge in [-0.1, -0.05) is 88.1 Å². The monoisotopic (exact) mass is 374 g/mol. The molecule has 1 heteroatoms. The molecule has 0 N–H and O–H groups in total. The number of hydrogen-bond donors (Lipinski definition) is 0. The molecule has 0 unspecified atom stereocenters. The van der Waals surface area contributed by atoms with Crippen LogP contribution in [0.15, 0.2) is 24.3 Å². The number of aryl methyl sites for hydroxylation is 1. The molecular formula is C25H39Cl. The highest BCUT2D eigenvalue weighted by molar-refractivity contribution is 6.31. The minimum absolute atomic E-state index is 0.938. The molecule has 1 aromatic carbocycles. The molecule has 0 saturated heterocycles. The fourth-order valence-corrected chi connectivity index (χ4v) is 5.87. The normalized spacial score (nSPS) is 29.6. The highest BCUT2D eigenvalue weighted by Crippen LogP contribution is 2.43. The molecule has 0 heterocycles. The molecule has 2 aliphatic carbocycles. The van der Waals surface area contributed by atoms with E-state index in [1.165, 1.54) is 89.0 Å². The predicted octanol–water partition coefficient (Wildman–Crippen LogP) is 8.47. The number of unbranched alkanes of at least 4 members (excludes halogenated alkanes) is 2. The van der Waals surface area contributed by atoms with Crippen LogP contribution in [0, 0.1) is 23.7 Å². The summed E-state index contributed by atoms with van der Waals surface area (Å²) >= 11 is 6.32. The molecule has 2 saturated carbocycles. The summed E-state index contributed by atoms with van der Waals surface area (Å²) in [4.78, 5) is 0. The molecular weight excluding hydrogens is 336 g/mol. The quantitative estimate of drug-likeness (QED) is 0.400. The van der Waals surface area contributed by atoms with E-state index in [4.69, 9.17) is 11.6 Å². The molecule has 2 aliphatic rings. The van der Waals surface area contributed by atoms with Gasteiger partial charge in [0.1, 0.15) is 0 Å². The zero-order valence-electron chi connectivity index (χ0n) is 16.9. The van der Waals surface area contributed by atoms with Gasteiger partial charge >= 0.3 is 0 Å². The Morgan fingerprint density at radius 3 is 1.92 bits per heavy atom. The minimum Gasteiger partial charge on any atom is -0.0840 e. The molecule has 146 valence electrons. The smallest absolute Gasteiger partial charge is 0.0437 e. The van der Waals surface area contributed by atoms with E-state index < -0.39 is 0 Å². The predicted molar refractivity (Wildman–Crippen MR) is 115 cm³/mol. The van der Waals surface area contributed by atoms with Crippen LogP contribution in [0.3, 0.4) is 0 Å². The van der Waals surface area contributed by atoms with E-state index >= 15 is 0 Å². The van der Waals surface area contributed by atoms with Gasteiger partial charge in [-0.05, 0) is 73.8 Å². The first-order valence-electron chi connectivity index (χ1n) is 11.5. The Hall–Kier alpha value is -0.490. The second-order valence-electron chi connectivity index (χ2n) is 9.19. The Morgan fingerprint density at radius 1 is 0.769 bits per heavy atom. The van der Waals surface area contributed by atoms with Crippen molar-refractivity contribution in [3.05, 3.63) is 34.9 Å². The van der Waals surface area contributed by atoms with Crippen LogP contribution in [-0.2, 0) is 6.42 Å². The minimum atomic E-state index is 0.938. The lowest BCUT2D eigenvalue weighted by atomic mass is 9.68. The van der Waals surface area contributed by atoms with Gasteiger partial charge in [0, 0.05) is 5.02 Å². The molecule has 0 aliphatic heterocycles. The number of benzene rings is 1. The van der Waals surface area contributed by atoms with Crippen LogP contribution >= 0.6 is 11.6 Å². The summed E-state index contributed by atoms with van der Waals surface area (Å²) in [6.07, 6.45) is 20.3. The zero-order chi connectivity index (χ0) is 18.2. The van der Waals surface area contributed by atoms with Crippen molar-refractivity contribution >= 4 is 11.6 Å². The third-order valence-electron chi connectivity index (χ3n) is 7.45. The first-order chi connectivity index (χ1) is 12.8. The van der Waals surface area contributed by atoms with Crippen molar-refractivity contribution in [2.45, 2.75) is 96.8 Å². The molecule has 1 aromatic rings. The van der Waals surface area contributed by atoms with Crippen molar-refractivity contribution in [2.24, 2.45) is 23.7 Å². The average molecular weight is 375 g/mol. The number of hydrogen-bond acceptors (Lipinski definition) is 0. The summed E-state index contributed by atoms with van der Waals surface area (Å²) in [6.45, 7) is 2.32. The molecule has 0 atom stereocenters. The summed E-state index contributed by atoms with van der Waals surface area (Å²) in [5.41, 5.74) is 1.35. The summed E-state index contributed by atoms with van der Waals surface area (Å²) in [5.74, 6) is 4.10. The van der Waals surface area contributed by atoms with Crippen LogP contribution in [0.4, 0.5) is 0 Å². The van der Waals surface area contributed by atoms with Gasteiger partial charge in [-0.3, -0.25) is 0 Å².